The maximum atomic E-state index is 12.6. The predicted octanol–water partition coefficient (Wildman–Crippen LogP) is 0.258. The molecule has 3 rings (SSSR count). The van der Waals surface area contributed by atoms with Crippen LogP contribution in [0.1, 0.15) is 16.8 Å². The number of amides is 1. The minimum absolute atomic E-state index is 0.174. The highest BCUT2D eigenvalue weighted by Crippen LogP contribution is 2.21. The van der Waals surface area contributed by atoms with Gasteiger partial charge in [-0.15, -0.1) is 0 Å². The van der Waals surface area contributed by atoms with Gasteiger partial charge in [0, 0.05) is 31.5 Å². The lowest BCUT2D eigenvalue weighted by atomic mass is 10.0. The number of methoxy groups -OCH3 is 2. The Morgan fingerprint density at radius 3 is 2.81 bits per heavy atom. The summed E-state index contributed by atoms with van der Waals surface area (Å²) < 4.78 is 10.2. The van der Waals surface area contributed by atoms with Crippen LogP contribution in [0.3, 0.4) is 0 Å². The number of aromatic nitrogens is 3. The maximum Gasteiger partial charge on any atom is 0.257 e. The van der Waals surface area contributed by atoms with Crippen molar-refractivity contribution in [2.45, 2.75) is 18.6 Å². The largest absolute Gasteiger partial charge is 0.481 e. The summed E-state index contributed by atoms with van der Waals surface area (Å²) in [4.78, 5) is 26.9. The van der Waals surface area contributed by atoms with Crippen LogP contribution in [-0.4, -0.2) is 65.4 Å². The zero-order chi connectivity index (χ0) is 18.5. The lowest BCUT2D eigenvalue weighted by molar-refractivity contribution is 0.0794. The lowest BCUT2D eigenvalue weighted by Crippen LogP contribution is -2.54. The van der Waals surface area contributed by atoms with Crippen LogP contribution in [0.5, 0.6) is 11.8 Å². The Morgan fingerprint density at radius 2 is 2.15 bits per heavy atom. The number of aliphatic hydroxyl groups is 1. The molecule has 26 heavy (non-hydrogen) atoms. The summed E-state index contributed by atoms with van der Waals surface area (Å²) in [6, 6.07) is 2.80. The Hall–Kier alpha value is -2.94. The number of aliphatic hydroxyl groups excluding tert-OH is 1. The maximum absolute atomic E-state index is 12.6. The van der Waals surface area contributed by atoms with Crippen molar-refractivity contribution in [2.75, 3.05) is 32.2 Å². The van der Waals surface area contributed by atoms with E-state index in [2.05, 4.69) is 20.3 Å². The molecule has 0 spiro atoms. The van der Waals surface area contributed by atoms with Crippen LogP contribution in [-0.2, 0) is 0 Å². The number of nitrogens with zero attached hydrogens (tertiary/aromatic N) is 4. The molecule has 1 saturated heterocycles. The molecule has 0 radical (unpaired) electrons. The summed E-state index contributed by atoms with van der Waals surface area (Å²) in [5, 5.41) is 13.3. The van der Waals surface area contributed by atoms with Gasteiger partial charge in [-0.25, -0.2) is 4.98 Å². The molecular weight excluding hydrogens is 338 g/mol. The highest BCUT2D eigenvalue weighted by molar-refractivity contribution is 5.96. The van der Waals surface area contributed by atoms with E-state index < -0.39 is 6.10 Å². The monoisotopic (exact) mass is 359 g/mol. The van der Waals surface area contributed by atoms with Gasteiger partial charge >= 0.3 is 0 Å². The number of ether oxygens (including phenoxy) is 2. The average molecular weight is 359 g/mol. The smallest absolute Gasteiger partial charge is 0.257 e. The van der Waals surface area contributed by atoms with Crippen LogP contribution in [0.15, 0.2) is 30.7 Å². The van der Waals surface area contributed by atoms with Crippen LogP contribution in [0, 0.1) is 0 Å². The van der Waals surface area contributed by atoms with E-state index in [0.717, 1.165) is 0 Å². The molecule has 0 aromatic carbocycles. The standard InChI is InChI=1S/C17H21N5O4/c1-25-15-4-3-11(17(21-15)26-2)16(24)20-12-5-8-22(10-13(12)23)14-9-18-6-7-19-14/h3-4,6-7,9,12-13,23H,5,8,10H2,1-2H3,(H,20,24)/t12-,13-/m1/s1. The van der Waals surface area contributed by atoms with E-state index in [1.54, 1.807) is 30.7 Å². The molecule has 1 aliphatic rings. The van der Waals surface area contributed by atoms with Gasteiger partial charge in [-0.05, 0) is 12.5 Å². The first-order valence-corrected chi connectivity index (χ1v) is 8.21. The second kappa shape index (κ2) is 7.96. The van der Waals surface area contributed by atoms with Gasteiger partial charge in [0.1, 0.15) is 11.4 Å². The number of carbonyl (C=O) groups is 1. The van der Waals surface area contributed by atoms with Crippen molar-refractivity contribution in [1.82, 2.24) is 20.3 Å². The van der Waals surface area contributed by atoms with Crippen molar-refractivity contribution in [3.63, 3.8) is 0 Å². The lowest BCUT2D eigenvalue weighted by Gasteiger charge is -2.36. The Kier molecular flexibility index (Phi) is 5.47. The van der Waals surface area contributed by atoms with E-state index in [0.29, 0.717) is 31.2 Å². The van der Waals surface area contributed by atoms with Crippen molar-refractivity contribution in [3.05, 3.63) is 36.3 Å². The van der Waals surface area contributed by atoms with E-state index >= 15 is 0 Å². The van der Waals surface area contributed by atoms with Crippen molar-refractivity contribution in [1.29, 1.82) is 0 Å². The molecule has 3 heterocycles. The topological polar surface area (TPSA) is 110 Å². The molecule has 2 aromatic rings. The number of nitrogens with one attached hydrogen (secondary N) is 1. The van der Waals surface area contributed by atoms with Gasteiger partial charge in [-0.3, -0.25) is 9.78 Å². The fourth-order valence-corrected chi connectivity index (χ4v) is 2.87. The molecule has 0 unspecified atom stereocenters. The van der Waals surface area contributed by atoms with E-state index in [9.17, 15) is 9.90 Å². The summed E-state index contributed by atoms with van der Waals surface area (Å²) in [6.45, 7) is 1.01. The van der Waals surface area contributed by atoms with Gasteiger partial charge in [0.2, 0.25) is 11.8 Å². The Balaban J connectivity index is 1.65. The normalized spacial score (nSPS) is 19.7. The molecule has 2 aromatic heterocycles. The van der Waals surface area contributed by atoms with Crippen molar-refractivity contribution >= 4 is 11.7 Å². The minimum Gasteiger partial charge on any atom is -0.481 e. The van der Waals surface area contributed by atoms with Crippen LogP contribution in [0.25, 0.3) is 0 Å². The first-order chi connectivity index (χ1) is 12.6. The van der Waals surface area contributed by atoms with Crippen molar-refractivity contribution in [3.8, 4) is 11.8 Å². The summed E-state index contributed by atoms with van der Waals surface area (Å²) in [7, 11) is 2.93. The molecule has 0 aliphatic carbocycles. The third kappa shape index (κ3) is 3.83. The second-order valence-electron chi connectivity index (χ2n) is 5.86. The third-order valence-corrected chi connectivity index (χ3v) is 4.25. The molecule has 0 saturated carbocycles. The fourth-order valence-electron chi connectivity index (χ4n) is 2.87. The molecule has 1 amide bonds. The first-order valence-electron chi connectivity index (χ1n) is 8.21. The number of pyridine rings is 1. The van der Waals surface area contributed by atoms with Gasteiger partial charge in [0.15, 0.2) is 0 Å². The molecule has 9 heteroatoms. The summed E-state index contributed by atoms with van der Waals surface area (Å²) >= 11 is 0. The number of anilines is 1. The van der Waals surface area contributed by atoms with Gasteiger partial charge in [0.05, 0.1) is 32.6 Å². The average Bonchev–Trinajstić information content (AvgIpc) is 2.69. The quantitative estimate of drug-likeness (QED) is 0.782. The van der Waals surface area contributed by atoms with E-state index in [-0.39, 0.29) is 23.4 Å². The Labute approximate surface area is 151 Å². The van der Waals surface area contributed by atoms with Crippen molar-refractivity contribution < 1.29 is 19.4 Å². The molecule has 9 nitrogen and oxygen atoms in total. The number of carbonyl (C=O) groups excluding carboxylic acids is 1. The molecule has 0 bridgehead atoms. The Bertz CT molecular complexity index is 758. The van der Waals surface area contributed by atoms with Gasteiger partial charge in [-0.2, -0.15) is 4.98 Å². The predicted molar refractivity (Wildman–Crippen MR) is 93.5 cm³/mol. The molecule has 2 N–H and O–H groups in total. The van der Waals surface area contributed by atoms with E-state index in [4.69, 9.17) is 9.47 Å². The van der Waals surface area contributed by atoms with E-state index in [1.807, 2.05) is 4.90 Å². The molecule has 1 fully saturated rings. The second-order valence-corrected chi connectivity index (χ2v) is 5.86. The number of hydrogen-bond donors (Lipinski definition) is 2. The van der Waals surface area contributed by atoms with Crippen LogP contribution in [0.4, 0.5) is 5.82 Å². The summed E-state index contributed by atoms with van der Waals surface area (Å²) in [5.74, 6) is 0.885. The summed E-state index contributed by atoms with van der Waals surface area (Å²) in [5.41, 5.74) is 0.289. The van der Waals surface area contributed by atoms with Crippen LogP contribution >= 0.6 is 0 Å². The Morgan fingerprint density at radius 1 is 1.31 bits per heavy atom. The minimum atomic E-state index is -0.730. The van der Waals surface area contributed by atoms with Crippen LogP contribution in [0.2, 0.25) is 0 Å². The highest BCUT2D eigenvalue weighted by atomic mass is 16.5. The molecule has 1 aliphatic heterocycles. The first kappa shape index (κ1) is 17.9. The number of β-amino-alcohol motifs (C(OH)–C–C–N with tert-alkyl or cyclic N) is 1. The highest BCUT2D eigenvalue weighted by Gasteiger charge is 2.30. The summed E-state index contributed by atoms with van der Waals surface area (Å²) in [6.07, 6.45) is 4.71. The van der Waals surface area contributed by atoms with Gasteiger partial charge < -0.3 is 24.8 Å². The fraction of sp³-hybridized carbons (Fsp3) is 0.412. The van der Waals surface area contributed by atoms with Crippen LogP contribution < -0.4 is 19.7 Å². The van der Waals surface area contributed by atoms with E-state index in [1.165, 1.54) is 14.2 Å². The SMILES string of the molecule is COc1ccc(C(=O)N[C@@H]2CCN(c3cnccn3)C[C@H]2O)c(OC)n1. The molecule has 2 atom stereocenters. The number of rotatable bonds is 5. The van der Waals surface area contributed by atoms with Gasteiger partial charge in [-0.1, -0.05) is 0 Å². The number of hydrogen-bond acceptors (Lipinski definition) is 8. The zero-order valence-electron chi connectivity index (χ0n) is 14.6. The zero-order valence-corrected chi connectivity index (χ0v) is 14.6. The number of piperidine rings is 1. The third-order valence-electron chi connectivity index (χ3n) is 4.25. The molecular formula is C17H21N5O4. The van der Waals surface area contributed by atoms with Gasteiger partial charge in [0.25, 0.3) is 5.91 Å². The van der Waals surface area contributed by atoms with Crippen molar-refractivity contribution in [2.24, 2.45) is 0 Å². The molecule has 138 valence electrons.